The molecule has 0 aliphatic carbocycles. The summed E-state index contributed by atoms with van der Waals surface area (Å²) in [6, 6.07) is 14.4. The summed E-state index contributed by atoms with van der Waals surface area (Å²) < 4.78 is 5.51. The average molecular weight is 287 g/mol. The van der Waals surface area contributed by atoms with Gasteiger partial charge >= 0.3 is 5.69 Å². The van der Waals surface area contributed by atoms with E-state index < -0.39 is 16.9 Å². The van der Waals surface area contributed by atoms with Crippen molar-refractivity contribution in [3.8, 4) is 5.75 Å². The molecule has 3 N–H and O–H groups in total. The first kappa shape index (κ1) is 14.5. The van der Waals surface area contributed by atoms with E-state index in [0.29, 0.717) is 5.56 Å². The Morgan fingerprint density at radius 2 is 1.76 bits per heavy atom. The Hall–Kier alpha value is -2.93. The van der Waals surface area contributed by atoms with Crippen LogP contribution in [-0.4, -0.2) is 10.8 Å². The van der Waals surface area contributed by atoms with Crippen molar-refractivity contribution < 1.29 is 14.5 Å². The van der Waals surface area contributed by atoms with Gasteiger partial charge < -0.3 is 4.74 Å². The van der Waals surface area contributed by atoms with Crippen molar-refractivity contribution in [2.75, 3.05) is 0 Å². The second-order valence-electron chi connectivity index (χ2n) is 4.14. The minimum atomic E-state index is -1.07. The zero-order valence-electron chi connectivity index (χ0n) is 10.9. The third kappa shape index (κ3) is 3.34. The standard InChI is InChI=1S/C14H13N3O4/c15-16-14(18)13(10-6-2-1-3-7-10)21-12-9-5-4-8-11(12)17(19)20/h1-9,13H,15H2,(H,16,18). The lowest BCUT2D eigenvalue weighted by molar-refractivity contribution is -0.386. The molecule has 0 aliphatic heterocycles. The predicted molar refractivity (Wildman–Crippen MR) is 75.2 cm³/mol. The number of hydrogen-bond acceptors (Lipinski definition) is 5. The lowest BCUT2D eigenvalue weighted by Gasteiger charge is -2.17. The molecule has 0 saturated heterocycles. The highest BCUT2D eigenvalue weighted by molar-refractivity contribution is 5.82. The van der Waals surface area contributed by atoms with E-state index in [-0.39, 0.29) is 11.4 Å². The van der Waals surface area contributed by atoms with Crippen LogP contribution in [0.3, 0.4) is 0 Å². The van der Waals surface area contributed by atoms with E-state index in [0.717, 1.165) is 0 Å². The van der Waals surface area contributed by atoms with E-state index in [2.05, 4.69) is 0 Å². The molecule has 7 nitrogen and oxygen atoms in total. The normalized spacial score (nSPS) is 11.5. The maximum atomic E-state index is 11.9. The van der Waals surface area contributed by atoms with Crippen LogP contribution in [-0.2, 0) is 4.79 Å². The number of nitrogens with one attached hydrogen (secondary N) is 1. The molecule has 108 valence electrons. The van der Waals surface area contributed by atoms with E-state index in [1.807, 2.05) is 5.43 Å². The molecule has 21 heavy (non-hydrogen) atoms. The van der Waals surface area contributed by atoms with Crippen LogP contribution >= 0.6 is 0 Å². The van der Waals surface area contributed by atoms with Crippen molar-refractivity contribution >= 4 is 11.6 Å². The number of benzene rings is 2. The van der Waals surface area contributed by atoms with Crippen molar-refractivity contribution in [1.29, 1.82) is 0 Å². The van der Waals surface area contributed by atoms with Crippen LogP contribution in [0.5, 0.6) is 5.75 Å². The lowest BCUT2D eigenvalue weighted by Crippen LogP contribution is -2.37. The van der Waals surface area contributed by atoms with Gasteiger partial charge in [0.1, 0.15) is 0 Å². The molecule has 0 aliphatic rings. The Balaban J connectivity index is 2.37. The van der Waals surface area contributed by atoms with E-state index in [9.17, 15) is 14.9 Å². The van der Waals surface area contributed by atoms with Gasteiger partial charge in [0, 0.05) is 11.6 Å². The van der Waals surface area contributed by atoms with E-state index in [4.69, 9.17) is 10.6 Å². The molecule has 0 saturated carbocycles. The first-order valence-corrected chi connectivity index (χ1v) is 6.09. The smallest absolute Gasteiger partial charge is 0.310 e. The Morgan fingerprint density at radius 1 is 1.14 bits per heavy atom. The Bertz CT molecular complexity index is 646. The molecule has 2 aromatic rings. The average Bonchev–Trinajstić information content (AvgIpc) is 2.53. The van der Waals surface area contributed by atoms with Crippen molar-refractivity contribution in [2.24, 2.45) is 5.84 Å². The highest BCUT2D eigenvalue weighted by atomic mass is 16.6. The first-order chi connectivity index (χ1) is 10.1. The summed E-state index contributed by atoms with van der Waals surface area (Å²) in [6.45, 7) is 0. The molecule has 1 atom stereocenters. The van der Waals surface area contributed by atoms with Crippen LogP contribution in [0.2, 0.25) is 0 Å². The maximum Gasteiger partial charge on any atom is 0.310 e. The molecule has 0 aromatic heterocycles. The molecule has 1 unspecified atom stereocenters. The lowest BCUT2D eigenvalue weighted by atomic mass is 10.1. The fourth-order valence-corrected chi connectivity index (χ4v) is 1.81. The number of amides is 1. The number of rotatable bonds is 5. The summed E-state index contributed by atoms with van der Waals surface area (Å²) >= 11 is 0. The van der Waals surface area contributed by atoms with Gasteiger partial charge in [0.25, 0.3) is 5.91 Å². The quantitative estimate of drug-likeness (QED) is 0.376. The molecule has 0 fully saturated rings. The van der Waals surface area contributed by atoms with Crippen LogP contribution in [0.25, 0.3) is 0 Å². The molecule has 2 rings (SSSR count). The topological polar surface area (TPSA) is 107 Å². The number of nitro groups is 1. The fourth-order valence-electron chi connectivity index (χ4n) is 1.81. The monoisotopic (exact) mass is 287 g/mol. The second-order valence-corrected chi connectivity index (χ2v) is 4.14. The number of nitrogens with two attached hydrogens (primary N) is 1. The van der Waals surface area contributed by atoms with Gasteiger partial charge in [-0.05, 0) is 6.07 Å². The molecule has 0 radical (unpaired) electrons. The SMILES string of the molecule is NNC(=O)C(Oc1ccccc1[N+](=O)[O-])c1ccccc1. The van der Waals surface area contributed by atoms with Gasteiger partial charge in [-0.15, -0.1) is 0 Å². The molecule has 0 spiro atoms. The van der Waals surface area contributed by atoms with Gasteiger partial charge in [-0.25, -0.2) is 5.84 Å². The molecule has 2 aromatic carbocycles. The highest BCUT2D eigenvalue weighted by Crippen LogP contribution is 2.30. The van der Waals surface area contributed by atoms with Crippen LogP contribution in [0.4, 0.5) is 5.69 Å². The summed E-state index contributed by atoms with van der Waals surface area (Å²) in [5.41, 5.74) is 2.32. The number of ether oxygens (including phenoxy) is 1. The summed E-state index contributed by atoms with van der Waals surface area (Å²) in [4.78, 5) is 22.3. The molecule has 7 heteroatoms. The van der Waals surface area contributed by atoms with Gasteiger partial charge in [0.05, 0.1) is 4.92 Å². The zero-order chi connectivity index (χ0) is 15.2. The van der Waals surface area contributed by atoms with Gasteiger partial charge in [0.15, 0.2) is 5.75 Å². The molecular formula is C14H13N3O4. The number of hydrogen-bond donors (Lipinski definition) is 2. The fraction of sp³-hybridized carbons (Fsp3) is 0.0714. The van der Waals surface area contributed by atoms with Crippen molar-refractivity contribution in [3.05, 3.63) is 70.3 Å². The number of carbonyl (C=O) groups excluding carboxylic acids is 1. The first-order valence-electron chi connectivity index (χ1n) is 6.09. The van der Waals surface area contributed by atoms with Crippen molar-refractivity contribution in [2.45, 2.75) is 6.10 Å². The Kier molecular flexibility index (Phi) is 4.47. The van der Waals surface area contributed by atoms with Crippen LogP contribution in [0.15, 0.2) is 54.6 Å². The molecule has 0 bridgehead atoms. The minimum Gasteiger partial charge on any atom is -0.469 e. The largest absolute Gasteiger partial charge is 0.469 e. The Labute approximate surface area is 120 Å². The van der Waals surface area contributed by atoms with Crippen LogP contribution < -0.4 is 16.0 Å². The van der Waals surface area contributed by atoms with Gasteiger partial charge in [-0.1, -0.05) is 42.5 Å². The summed E-state index contributed by atoms with van der Waals surface area (Å²) in [5.74, 6) is 4.55. The minimum absolute atomic E-state index is 0.0000435. The maximum absolute atomic E-state index is 11.9. The zero-order valence-corrected chi connectivity index (χ0v) is 10.9. The van der Waals surface area contributed by atoms with Gasteiger partial charge in [0.2, 0.25) is 6.10 Å². The third-order valence-corrected chi connectivity index (χ3v) is 2.79. The van der Waals surface area contributed by atoms with Crippen molar-refractivity contribution in [3.63, 3.8) is 0 Å². The molecule has 0 heterocycles. The third-order valence-electron chi connectivity index (χ3n) is 2.79. The molecular weight excluding hydrogens is 274 g/mol. The van der Waals surface area contributed by atoms with Crippen molar-refractivity contribution in [1.82, 2.24) is 5.43 Å². The van der Waals surface area contributed by atoms with E-state index in [1.165, 1.54) is 18.2 Å². The number of carbonyl (C=O) groups is 1. The highest BCUT2D eigenvalue weighted by Gasteiger charge is 2.25. The number of nitrogens with zero attached hydrogens (tertiary/aromatic N) is 1. The van der Waals surface area contributed by atoms with E-state index >= 15 is 0 Å². The summed E-state index contributed by atoms with van der Waals surface area (Å²) in [6.07, 6.45) is -1.07. The Morgan fingerprint density at radius 3 is 2.38 bits per heavy atom. The van der Waals surface area contributed by atoms with Gasteiger partial charge in [-0.2, -0.15) is 0 Å². The number of hydrazine groups is 1. The summed E-state index contributed by atoms with van der Waals surface area (Å²) in [5, 5.41) is 11.0. The predicted octanol–water partition coefficient (Wildman–Crippen LogP) is 1.70. The number of nitro benzene ring substituents is 1. The second kappa shape index (κ2) is 6.49. The van der Waals surface area contributed by atoms with Crippen LogP contribution in [0.1, 0.15) is 11.7 Å². The number of para-hydroxylation sites is 2. The van der Waals surface area contributed by atoms with Gasteiger partial charge in [-0.3, -0.25) is 20.3 Å². The van der Waals surface area contributed by atoms with E-state index in [1.54, 1.807) is 36.4 Å². The molecule has 1 amide bonds. The summed E-state index contributed by atoms with van der Waals surface area (Å²) in [7, 11) is 0. The van der Waals surface area contributed by atoms with Crippen LogP contribution in [0, 0.1) is 10.1 Å².